The Morgan fingerprint density at radius 1 is 1.11 bits per heavy atom. The van der Waals surface area contributed by atoms with Crippen molar-refractivity contribution in [3.63, 3.8) is 0 Å². The summed E-state index contributed by atoms with van der Waals surface area (Å²) in [5, 5.41) is 0. The van der Waals surface area contributed by atoms with Gasteiger partial charge >= 0.3 is 0 Å². The fourth-order valence-electron chi connectivity index (χ4n) is 1.98. The van der Waals surface area contributed by atoms with E-state index >= 15 is 0 Å². The zero-order valence-corrected chi connectivity index (χ0v) is 11.2. The van der Waals surface area contributed by atoms with Gasteiger partial charge in [-0.15, -0.1) is 0 Å². The SMILES string of the molecule is COc1ccc(C)cc1-c1cc(C(C)=O)ccc1F. The maximum atomic E-state index is 14.0. The molecule has 0 heterocycles. The maximum Gasteiger partial charge on any atom is 0.159 e. The molecule has 0 unspecified atom stereocenters. The van der Waals surface area contributed by atoms with Crippen molar-refractivity contribution in [3.8, 4) is 16.9 Å². The van der Waals surface area contributed by atoms with Crippen LogP contribution >= 0.6 is 0 Å². The Labute approximate surface area is 111 Å². The van der Waals surface area contributed by atoms with Crippen LogP contribution in [0.4, 0.5) is 4.39 Å². The summed E-state index contributed by atoms with van der Waals surface area (Å²) >= 11 is 0. The Morgan fingerprint density at radius 2 is 1.84 bits per heavy atom. The van der Waals surface area contributed by atoms with E-state index in [0.717, 1.165) is 5.56 Å². The highest BCUT2D eigenvalue weighted by molar-refractivity contribution is 5.95. The second kappa shape index (κ2) is 5.22. The van der Waals surface area contributed by atoms with Gasteiger partial charge in [-0.3, -0.25) is 4.79 Å². The topological polar surface area (TPSA) is 26.3 Å². The second-order valence-corrected chi connectivity index (χ2v) is 4.45. The lowest BCUT2D eigenvalue weighted by Crippen LogP contribution is -1.96. The van der Waals surface area contributed by atoms with E-state index in [-0.39, 0.29) is 11.6 Å². The van der Waals surface area contributed by atoms with Gasteiger partial charge in [-0.2, -0.15) is 0 Å². The third-order valence-electron chi connectivity index (χ3n) is 3.02. The molecule has 2 rings (SSSR count). The highest BCUT2D eigenvalue weighted by atomic mass is 19.1. The summed E-state index contributed by atoms with van der Waals surface area (Å²) in [7, 11) is 1.54. The minimum absolute atomic E-state index is 0.0899. The number of aryl methyl sites for hydroxylation is 1. The largest absolute Gasteiger partial charge is 0.496 e. The van der Waals surface area contributed by atoms with Crippen LogP contribution in [0.3, 0.4) is 0 Å². The molecule has 0 N–H and O–H groups in total. The number of ether oxygens (including phenoxy) is 1. The summed E-state index contributed by atoms with van der Waals surface area (Å²) in [4.78, 5) is 11.4. The third-order valence-corrected chi connectivity index (χ3v) is 3.02. The molecule has 0 aliphatic carbocycles. The summed E-state index contributed by atoms with van der Waals surface area (Å²) in [6.45, 7) is 3.39. The molecule has 0 bridgehead atoms. The predicted molar refractivity (Wildman–Crippen MR) is 73.1 cm³/mol. The van der Waals surface area contributed by atoms with Crippen molar-refractivity contribution in [2.75, 3.05) is 7.11 Å². The van der Waals surface area contributed by atoms with Crippen LogP contribution in [0.5, 0.6) is 5.75 Å². The van der Waals surface area contributed by atoms with E-state index in [1.165, 1.54) is 19.1 Å². The monoisotopic (exact) mass is 258 g/mol. The molecule has 19 heavy (non-hydrogen) atoms. The van der Waals surface area contributed by atoms with Crippen molar-refractivity contribution in [1.29, 1.82) is 0 Å². The van der Waals surface area contributed by atoms with E-state index in [9.17, 15) is 9.18 Å². The Kier molecular flexibility index (Phi) is 3.65. The molecule has 0 aliphatic heterocycles. The standard InChI is InChI=1S/C16H15FO2/c1-10-4-7-16(19-3)14(8-10)13-9-12(11(2)18)5-6-15(13)17/h4-9H,1-3H3. The molecule has 2 aromatic rings. The van der Waals surface area contributed by atoms with Crippen molar-refractivity contribution in [2.24, 2.45) is 0 Å². The maximum absolute atomic E-state index is 14.0. The summed E-state index contributed by atoms with van der Waals surface area (Å²) in [6.07, 6.45) is 0. The zero-order chi connectivity index (χ0) is 14.0. The Balaban J connectivity index is 2.67. The first-order valence-electron chi connectivity index (χ1n) is 5.98. The lowest BCUT2D eigenvalue weighted by atomic mass is 9.98. The summed E-state index contributed by atoms with van der Waals surface area (Å²) in [6, 6.07) is 9.91. The first-order chi connectivity index (χ1) is 9.02. The van der Waals surface area contributed by atoms with Crippen LogP contribution < -0.4 is 4.74 Å². The molecule has 2 aromatic carbocycles. The van der Waals surface area contributed by atoms with Crippen molar-refractivity contribution >= 4 is 5.78 Å². The van der Waals surface area contributed by atoms with Crippen molar-refractivity contribution in [2.45, 2.75) is 13.8 Å². The summed E-state index contributed by atoms with van der Waals surface area (Å²) in [5.41, 5.74) is 2.53. The van der Waals surface area contributed by atoms with E-state index in [1.807, 2.05) is 19.1 Å². The van der Waals surface area contributed by atoms with E-state index in [1.54, 1.807) is 19.2 Å². The number of rotatable bonds is 3. The van der Waals surface area contributed by atoms with Crippen LogP contribution in [0.2, 0.25) is 0 Å². The van der Waals surface area contributed by atoms with Gasteiger partial charge in [-0.05, 0) is 44.2 Å². The lowest BCUT2D eigenvalue weighted by Gasteiger charge is -2.11. The molecule has 0 spiro atoms. The van der Waals surface area contributed by atoms with Gasteiger partial charge in [0.05, 0.1) is 7.11 Å². The smallest absolute Gasteiger partial charge is 0.159 e. The van der Waals surface area contributed by atoms with E-state index in [4.69, 9.17) is 4.74 Å². The predicted octanol–water partition coefficient (Wildman–Crippen LogP) is 4.01. The number of Topliss-reactive ketones (excluding diaryl/α,β-unsaturated/α-hetero) is 1. The second-order valence-electron chi connectivity index (χ2n) is 4.45. The van der Waals surface area contributed by atoms with Gasteiger partial charge in [0, 0.05) is 16.7 Å². The van der Waals surface area contributed by atoms with Crippen LogP contribution in [0.1, 0.15) is 22.8 Å². The molecular weight excluding hydrogens is 243 g/mol. The van der Waals surface area contributed by atoms with Gasteiger partial charge in [0.15, 0.2) is 5.78 Å². The first-order valence-corrected chi connectivity index (χ1v) is 5.98. The number of hydrogen-bond acceptors (Lipinski definition) is 2. The van der Waals surface area contributed by atoms with Gasteiger partial charge in [-0.1, -0.05) is 11.6 Å². The molecule has 0 saturated carbocycles. The van der Waals surface area contributed by atoms with Crippen LogP contribution in [-0.4, -0.2) is 12.9 Å². The Hall–Kier alpha value is -2.16. The van der Waals surface area contributed by atoms with Gasteiger partial charge in [0.25, 0.3) is 0 Å². The highest BCUT2D eigenvalue weighted by Crippen LogP contribution is 2.33. The minimum Gasteiger partial charge on any atom is -0.496 e. The number of ketones is 1. The van der Waals surface area contributed by atoms with E-state index in [2.05, 4.69) is 0 Å². The molecule has 0 fully saturated rings. The summed E-state index contributed by atoms with van der Waals surface area (Å²) in [5.74, 6) is 0.131. The number of halogens is 1. The fraction of sp³-hybridized carbons (Fsp3) is 0.188. The molecule has 0 saturated heterocycles. The van der Waals surface area contributed by atoms with Crippen LogP contribution in [0.25, 0.3) is 11.1 Å². The molecule has 0 aromatic heterocycles. The van der Waals surface area contributed by atoms with Crippen molar-refractivity contribution in [3.05, 3.63) is 53.3 Å². The molecule has 2 nitrogen and oxygen atoms in total. The van der Waals surface area contributed by atoms with Gasteiger partial charge < -0.3 is 4.74 Å². The molecule has 98 valence electrons. The van der Waals surface area contributed by atoms with Gasteiger partial charge in [0.2, 0.25) is 0 Å². The molecule has 0 atom stereocenters. The van der Waals surface area contributed by atoms with Crippen molar-refractivity contribution < 1.29 is 13.9 Å². The highest BCUT2D eigenvalue weighted by Gasteiger charge is 2.13. The number of hydrogen-bond donors (Lipinski definition) is 0. The van der Waals surface area contributed by atoms with Gasteiger partial charge in [-0.25, -0.2) is 4.39 Å². The molecule has 0 amide bonds. The average Bonchev–Trinajstić information content (AvgIpc) is 2.39. The zero-order valence-electron chi connectivity index (χ0n) is 11.2. The van der Waals surface area contributed by atoms with Crippen molar-refractivity contribution in [1.82, 2.24) is 0 Å². The number of benzene rings is 2. The van der Waals surface area contributed by atoms with E-state index in [0.29, 0.717) is 22.4 Å². The summed E-state index contributed by atoms with van der Waals surface area (Å²) < 4.78 is 19.3. The third kappa shape index (κ3) is 2.65. The van der Waals surface area contributed by atoms with Crippen LogP contribution in [-0.2, 0) is 0 Å². The molecule has 3 heteroatoms. The average molecular weight is 258 g/mol. The number of carbonyl (C=O) groups is 1. The quantitative estimate of drug-likeness (QED) is 0.777. The Bertz CT molecular complexity index is 633. The van der Waals surface area contributed by atoms with E-state index < -0.39 is 0 Å². The molecule has 0 aliphatic rings. The number of carbonyl (C=O) groups excluding carboxylic acids is 1. The lowest BCUT2D eigenvalue weighted by molar-refractivity contribution is 0.101. The normalized spacial score (nSPS) is 10.3. The molecular formula is C16H15FO2. The first kappa shape index (κ1) is 13.3. The number of methoxy groups -OCH3 is 1. The minimum atomic E-state index is -0.367. The van der Waals surface area contributed by atoms with Crippen LogP contribution in [0.15, 0.2) is 36.4 Å². The Morgan fingerprint density at radius 3 is 2.47 bits per heavy atom. The van der Waals surface area contributed by atoms with Crippen LogP contribution in [0, 0.1) is 12.7 Å². The molecule has 0 radical (unpaired) electrons. The van der Waals surface area contributed by atoms with Gasteiger partial charge in [0.1, 0.15) is 11.6 Å². The fourth-order valence-corrected chi connectivity index (χ4v) is 1.98.